The summed E-state index contributed by atoms with van der Waals surface area (Å²) >= 11 is 1.45. The Morgan fingerprint density at radius 3 is 3.08 bits per heavy atom. The fraction of sp³-hybridized carbons (Fsp3) is 0.556. The van der Waals surface area contributed by atoms with E-state index in [4.69, 9.17) is 0 Å². The van der Waals surface area contributed by atoms with Gasteiger partial charge in [0.2, 0.25) is 5.91 Å². The molecule has 0 aromatic carbocycles. The van der Waals surface area contributed by atoms with Crippen molar-refractivity contribution >= 4 is 22.4 Å². The van der Waals surface area contributed by atoms with Crippen LogP contribution in [0.5, 0.6) is 0 Å². The molecule has 0 radical (unpaired) electrons. The van der Waals surface area contributed by atoms with Gasteiger partial charge in [0, 0.05) is 18.0 Å². The number of hydrogen-bond donors (Lipinski definition) is 1. The van der Waals surface area contributed by atoms with Crippen molar-refractivity contribution in [2.75, 3.05) is 5.32 Å². The van der Waals surface area contributed by atoms with E-state index in [9.17, 15) is 4.79 Å². The Bertz CT molecular complexity index is 303. The number of anilines is 1. The SMILES string of the molecule is CC1(CC(=O)Nc2nccs2)CC1. The summed E-state index contributed by atoms with van der Waals surface area (Å²) in [5.41, 5.74) is 0.279. The van der Waals surface area contributed by atoms with E-state index in [0.29, 0.717) is 11.6 Å². The number of hydrogen-bond acceptors (Lipinski definition) is 3. The number of aromatic nitrogens is 1. The highest BCUT2D eigenvalue weighted by Crippen LogP contribution is 2.48. The van der Waals surface area contributed by atoms with Crippen molar-refractivity contribution in [2.45, 2.75) is 26.2 Å². The van der Waals surface area contributed by atoms with Crippen molar-refractivity contribution < 1.29 is 4.79 Å². The first-order chi connectivity index (χ1) is 6.18. The normalized spacial score (nSPS) is 18.2. The number of amides is 1. The third-order valence-electron chi connectivity index (χ3n) is 2.37. The molecule has 1 aromatic heterocycles. The van der Waals surface area contributed by atoms with Crippen molar-refractivity contribution in [2.24, 2.45) is 5.41 Å². The predicted octanol–water partition coefficient (Wildman–Crippen LogP) is 2.27. The lowest BCUT2D eigenvalue weighted by molar-refractivity contribution is -0.117. The predicted molar refractivity (Wildman–Crippen MR) is 52.7 cm³/mol. The number of thiazole rings is 1. The maximum atomic E-state index is 11.4. The van der Waals surface area contributed by atoms with E-state index in [0.717, 1.165) is 0 Å². The van der Waals surface area contributed by atoms with Crippen molar-refractivity contribution in [3.63, 3.8) is 0 Å². The second-order valence-electron chi connectivity index (χ2n) is 3.87. The van der Waals surface area contributed by atoms with Crippen LogP contribution in [0.15, 0.2) is 11.6 Å². The Morgan fingerprint density at radius 1 is 1.77 bits per heavy atom. The maximum absolute atomic E-state index is 11.4. The van der Waals surface area contributed by atoms with E-state index < -0.39 is 0 Å². The van der Waals surface area contributed by atoms with Crippen LogP contribution in [-0.4, -0.2) is 10.9 Å². The highest BCUT2D eigenvalue weighted by atomic mass is 32.1. The number of carbonyl (C=O) groups is 1. The molecule has 13 heavy (non-hydrogen) atoms. The molecule has 1 aromatic rings. The molecule has 1 heterocycles. The van der Waals surface area contributed by atoms with Crippen molar-refractivity contribution in [1.82, 2.24) is 4.98 Å². The molecule has 4 heteroatoms. The molecular weight excluding hydrogens is 184 g/mol. The molecule has 0 bridgehead atoms. The molecule has 1 N–H and O–H groups in total. The molecule has 0 spiro atoms. The first-order valence-corrected chi connectivity index (χ1v) is 5.25. The fourth-order valence-corrected chi connectivity index (χ4v) is 1.77. The smallest absolute Gasteiger partial charge is 0.226 e. The molecule has 1 aliphatic carbocycles. The van der Waals surface area contributed by atoms with Crippen LogP contribution >= 0.6 is 11.3 Å². The number of carbonyl (C=O) groups excluding carboxylic acids is 1. The van der Waals surface area contributed by atoms with Gasteiger partial charge < -0.3 is 5.32 Å². The molecule has 2 rings (SSSR count). The second-order valence-corrected chi connectivity index (χ2v) is 4.77. The molecular formula is C9H12N2OS. The van der Waals surface area contributed by atoms with E-state index in [1.807, 2.05) is 5.38 Å². The Hall–Kier alpha value is -0.900. The largest absolute Gasteiger partial charge is 0.302 e. The zero-order valence-corrected chi connectivity index (χ0v) is 8.36. The quantitative estimate of drug-likeness (QED) is 0.805. The third kappa shape index (κ3) is 2.28. The lowest BCUT2D eigenvalue weighted by Gasteiger charge is -2.06. The van der Waals surface area contributed by atoms with Crippen LogP contribution in [-0.2, 0) is 4.79 Å². The Morgan fingerprint density at radius 2 is 2.54 bits per heavy atom. The molecule has 3 nitrogen and oxygen atoms in total. The minimum absolute atomic E-state index is 0.0925. The molecule has 1 amide bonds. The molecule has 1 fully saturated rings. The summed E-state index contributed by atoms with van der Waals surface area (Å²) < 4.78 is 0. The summed E-state index contributed by atoms with van der Waals surface area (Å²) in [6, 6.07) is 0. The minimum atomic E-state index is 0.0925. The van der Waals surface area contributed by atoms with Gasteiger partial charge in [0.25, 0.3) is 0 Å². The summed E-state index contributed by atoms with van der Waals surface area (Å²) in [7, 11) is 0. The maximum Gasteiger partial charge on any atom is 0.226 e. The first-order valence-electron chi connectivity index (χ1n) is 4.37. The van der Waals surface area contributed by atoms with E-state index in [-0.39, 0.29) is 11.3 Å². The summed E-state index contributed by atoms with van der Waals surface area (Å²) in [6.07, 6.45) is 4.68. The monoisotopic (exact) mass is 196 g/mol. The van der Waals surface area contributed by atoms with Crippen LogP contribution in [0.3, 0.4) is 0 Å². The second kappa shape index (κ2) is 3.10. The van der Waals surface area contributed by atoms with Crippen LogP contribution in [0, 0.1) is 5.41 Å². The third-order valence-corrected chi connectivity index (χ3v) is 3.06. The molecule has 70 valence electrons. The van der Waals surface area contributed by atoms with Crippen LogP contribution in [0.1, 0.15) is 26.2 Å². The summed E-state index contributed by atoms with van der Waals surface area (Å²) in [4.78, 5) is 15.4. The topological polar surface area (TPSA) is 42.0 Å². The van der Waals surface area contributed by atoms with E-state index in [2.05, 4.69) is 17.2 Å². The number of nitrogens with one attached hydrogen (secondary N) is 1. The molecule has 0 atom stereocenters. The summed E-state index contributed by atoms with van der Waals surface area (Å²) in [5.74, 6) is 0.0925. The minimum Gasteiger partial charge on any atom is -0.302 e. The van der Waals surface area contributed by atoms with Gasteiger partial charge in [-0.3, -0.25) is 4.79 Å². The molecule has 1 aliphatic rings. The Labute approximate surface area is 81.2 Å². The number of nitrogens with zero attached hydrogens (tertiary/aromatic N) is 1. The highest BCUT2D eigenvalue weighted by molar-refractivity contribution is 7.13. The van der Waals surface area contributed by atoms with Gasteiger partial charge in [-0.05, 0) is 18.3 Å². The van der Waals surface area contributed by atoms with Crippen LogP contribution in [0.25, 0.3) is 0 Å². The van der Waals surface area contributed by atoms with Gasteiger partial charge in [-0.25, -0.2) is 4.98 Å². The molecule has 0 saturated heterocycles. The van der Waals surface area contributed by atoms with E-state index in [1.54, 1.807) is 6.20 Å². The summed E-state index contributed by atoms with van der Waals surface area (Å²) in [6.45, 7) is 2.15. The zero-order valence-electron chi connectivity index (χ0n) is 7.54. The Kier molecular flexibility index (Phi) is 2.07. The van der Waals surface area contributed by atoms with Gasteiger partial charge in [-0.1, -0.05) is 6.92 Å². The van der Waals surface area contributed by atoms with Crippen molar-refractivity contribution in [3.05, 3.63) is 11.6 Å². The summed E-state index contributed by atoms with van der Waals surface area (Å²) in [5, 5.41) is 5.35. The van der Waals surface area contributed by atoms with Gasteiger partial charge in [-0.15, -0.1) is 11.3 Å². The van der Waals surface area contributed by atoms with Crippen molar-refractivity contribution in [1.29, 1.82) is 0 Å². The van der Waals surface area contributed by atoms with Gasteiger partial charge in [0.1, 0.15) is 0 Å². The van der Waals surface area contributed by atoms with Gasteiger partial charge >= 0.3 is 0 Å². The Balaban J connectivity index is 1.85. The lowest BCUT2D eigenvalue weighted by Crippen LogP contribution is -2.15. The van der Waals surface area contributed by atoms with E-state index in [1.165, 1.54) is 24.2 Å². The van der Waals surface area contributed by atoms with Crippen LogP contribution in [0.4, 0.5) is 5.13 Å². The van der Waals surface area contributed by atoms with Crippen LogP contribution < -0.4 is 5.32 Å². The van der Waals surface area contributed by atoms with Crippen LogP contribution in [0.2, 0.25) is 0 Å². The molecule has 0 unspecified atom stereocenters. The average molecular weight is 196 g/mol. The van der Waals surface area contributed by atoms with E-state index >= 15 is 0 Å². The average Bonchev–Trinajstić information content (AvgIpc) is 2.61. The standard InChI is InChI=1S/C9H12N2OS/c1-9(2-3-9)6-7(12)11-8-10-4-5-13-8/h4-5H,2-3,6H2,1H3,(H,10,11,12). The van der Waals surface area contributed by atoms with Crippen molar-refractivity contribution in [3.8, 4) is 0 Å². The zero-order chi connectivity index (χ0) is 9.31. The fourth-order valence-electron chi connectivity index (χ4n) is 1.23. The first kappa shape index (κ1) is 8.69. The lowest BCUT2D eigenvalue weighted by atomic mass is 10.1. The van der Waals surface area contributed by atoms with Gasteiger partial charge in [-0.2, -0.15) is 0 Å². The molecule has 0 aliphatic heterocycles. The van der Waals surface area contributed by atoms with Gasteiger partial charge in [0.15, 0.2) is 5.13 Å². The number of rotatable bonds is 3. The molecule has 1 saturated carbocycles. The highest BCUT2D eigenvalue weighted by Gasteiger charge is 2.39. The van der Waals surface area contributed by atoms with Gasteiger partial charge in [0.05, 0.1) is 0 Å².